The predicted molar refractivity (Wildman–Crippen MR) is 53.2 cm³/mol. The highest BCUT2D eigenvalue weighted by atomic mass is 35.6. The van der Waals surface area contributed by atoms with Gasteiger partial charge in [-0.1, -0.05) is 34.8 Å². The van der Waals surface area contributed by atoms with E-state index < -0.39 is 25.3 Å². The van der Waals surface area contributed by atoms with Crippen molar-refractivity contribution in [1.82, 2.24) is 0 Å². The quantitative estimate of drug-likeness (QED) is 0.577. The van der Waals surface area contributed by atoms with E-state index in [1.807, 2.05) is 0 Å². The van der Waals surface area contributed by atoms with E-state index in [-0.39, 0.29) is 12.3 Å². The minimum atomic E-state index is -3.55. The van der Waals surface area contributed by atoms with Crippen LogP contribution in [-0.2, 0) is 14.3 Å². The van der Waals surface area contributed by atoms with Crippen molar-refractivity contribution >= 4 is 56.5 Å². The third-order valence-corrected chi connectivity index (χ3v) is 4.23. The highest BCUT2D eigenvalue weighted by Gasteiger charge is 2.56. The van der Waals surface area contributed by atoms with E-state index >= 15 is 0 Å². The smallest absolute Gasteiger partial charge is 0.260 e. The molecule has 1 saturated heterocycles. The van der Waals surface area contributed by atoms with E-state index in [1.165, 1.54) is 0 Å². The fraction of sp³-hybridized carbons (Fsp3) is 1.00. The van der Waals surface area contributed by atoms with Gasteiger partial charge in [-0.05, 0) is 6.42 Å². The van der Waals surface area contributed by atoms with Crippen molar-refractivity contribution in [2.75, 3.05) is 5.88 Å². The van der Waals surface area contributed by atoms with Gasteiger partial charge in [-0.3, -0.25) is 4.18 Å². The molecule has 0 aliphatic carbocycles. The largest absolute Gasteiger partial charge is 0.273 e. The molecular formula is C5H6Cl4O3S. The Morgan fingerprint density at radius 3 is 2.15 bits per heavy atom. The van der Waals surface area contributed by atoms with Gasteiger partial charge in [0.2, 0.25) is 3.79 Å². The first-order chi connectivity index (χ1) is 5.79. The highest BCUT2D eigenvalue weighted by Crippen LogP contribution is 2.44. The summed E-state index contributed by atoms with van der Waals surface area (Å²) in [7, 11) is -3.55. The first-order valence-corrected chi connectivity index (χ1v) is 6.48. The normalized spacial score (nSPS) is 32.6. The summed E-state index contributed by atoms with van der Waals surface area (Å²) >= 11 is 21.9. The first-order valence-electron chi connectivity index (χ1n) is 3.34. The summed E-state index contributed by atoms with van der Waals surface area (Å²) in [6.45, 7) is 0. The summed E-state index contributed by atoms with van der Waals surface area (Å²) in [6.07, 6.45) is -0.691. The van der Waals surface area contributed by atoms with Crippen LogP contribution in [0.25, 0.3) is 0 Å². The zero-order valence-electron chi connectivity index (χ0n) is 6.21. The molecule has 78 valence electrons. The monoisotopic (exact) mass is 286 g/mol. The second-order valence-corrected chi connectivity index (χ2v) is 7.10. The number of hydrogen-bond acceptors (Lipinski definition) is 3. The van der Waals surface area contributed by atoms with E-state index in [4.69, 9.17) is 46.4 Å². The molecule has 0 aromatic heterocycles. The Morgan fingerprint density at radius 1 is 1.31 bits per heavy atom. The number of hydrogen-bond donors (Lipinski definition) is 0. The molecule has 1 heterocycles. The Morgan fingerprint density at radius 2 is 1.85 bits per heavy atom. The summed E-state index contributed by atoms with van der Waals surface area (Å²) in [5.41, 5.74) is 0. The first kappa shape index (κ1) is 12.1. The van der Waals surface area contributed by atoms with Crippen LogP contribution in [0.3, 0.4) is 0 Å². The average molecular weight is 288 g/mol. The fourth-order valence-electron chi connectivity index (χ4n) is 1.04. The lowest BCUT2D eigenvalue weighted by Crippen LogP contribution is -2.56. The predicted octanol–water partition coefficient (Wildman–Crippen LogP) is 2.08. The Labute approximate surface area is 96.4 Å². The lowest BCUT2D eigenvalue weighted by molar-refractivity contribution is 0.140. The van der Waals surface area contributed by atoms with Gasteiger partial charge in [0.1, 0.15) is 11.4 Å². The average Bonchev–Trinajstić information content (AvgIpc) is 1.94. The van der Waals surface area contributed by atoms with Crippen LogP contribution >= 0.6 is 46.4 Å². The van der Waals surface area contributed by atoms with Crippen LogP contribution < -0.4 is 0 Å². The maximum absolute atomic E-state index is 11.0. The van der Waals surface area contributed by atoms with Gasteiger partial charge in [0.15, 0.2) is 0 Å². The van der Waals surface area contributed by atoms with Crippen molar-refractivity contribution in [3.63, 3.8) is 0 Å². The van der Waals surface area contributed by atoms with Crippen molar-refractivity contribution < 1.29 is 12.6 Å². The van der Waals surface area contributed by atoms with Crippen molar-refractivity contribution in [1.29, 1.82) is 0 Å². The second kappa shape index (κ2) is 3.91. The molecule has 1 aliphatic heterocycles. The molecule has 0 spiro atoms. The van der Waals surface area contributed by atoms with Crippen molar-refractivity contribution in [2.24, 2.45) is 0 Å². The van der Waals surface area contributed by atoms with Crippen LogP contribution in [-0.4, -0.2) is 29.4 Å². The summed E-state index contributed by atoms with van der Waals surface area (Å²) < 4.78 is 24.8. The molecule has 0 radical (unpaired) electrons. The zero-order valence-corrected chi connectivity index (χ0v) is 10.1. The summed E-state index contributed by atoms with van der Waals surface area (Å²) in [5.74, 6) is 0.185. The molecule has 8 heteroatoms. The summed E-state index contributed by atoms with van der Waals surface area (Å²) in [6, 6.07) is 0. The van der Waals surface area contributed by atoms with Crippen molar-refractivity contribution in [2.45, 2.75) is 21.6 Å². The van der Waals surface area contributed by atoms with Crippen LogP contribution in [0.1, 0.15) is 6.42 Å². The third kappa shape index (κ3) is 2.55. The number of rotatable bonds is 2. The molecular weight excluding hydrogens is 282 g/mol. The van der Waals surface area contributed by atoms with Gasteiger partial charge in [0.05, 0.1) is 0 Å². The van der Waals surface area contributed by atoms with Gasteiger partial charge in [0, 0.05) is 5.88 Å². The molecule has 0 N–H and O–H groups in total. The molecule has 13 heavy (non-hydrogen) atoms. The van der Waals surface area contributed by atoms with Gasteiger partial charge in [0.25, 0.3) is 10.1 Å². The van der Waals surface area contributed by atoms with Gasteiger partial charge < -0.3 is 0 Å². The van der Waals surface area contributed by atoms with Gasteiger partial charge in [-0.25, -0.2) is 0 Å². The second-order valence-electron chi connectivity index (χ2n) is 2.57. The molecule has 1 fully saturated rings. The van der Waals surface area contributed by atoms with Gasteiger partial charge in [-0.15, -0.1) is 11.6 Å². The molecule has 3 nitrogen and oxygen atoms in total. The third-order valence-electron chi connectivity index (χ3n) is 1.66. The SMILES string of the molecule is O=S1(=O)O[C@@H](C(Cl)(Cl)Cl)[C@H]1CCCl. The Kier molecular flexibility index (Phi) is 3.65. The van der Waals surface area contributed by atoms with Gasteiger partial charge in [-0.2, -0.15) is 8.42 Å². The molecule has 0 saturated carbocycles. The molecule has 0 unspecified atom stereocenters. The zero-order chi connectivity index (χ0) is 10.3. The van der Waals surface area contributed by atoms with E-state index in [9.17, 15) is 8.42 Å². The van der Waals surface area contributed by atoms with E-state index in [0.29, 0.717) is 0 Å². The number of alkyl halides is 4. The van der Waals surface area contributed by atoms with Gasteiger partial charge >= 0.3 is 0 Å². The maximum Gasteiger partial charge on any atom is 0.273 e. The minimum Gasteiger partial charge on any atom is -0.260 e. The van der Waals surface area contributed by atoms with Crippen LogP contribution in [0.5, 0.6) is 0 Å². The lowest BCUT2D eigenvalue weighted by Gasteiger charge is -2.38. The van der Waals surface area contributed by atoms with Crippen LogP contribution in [0.15, 0.2) is 0 Å². The number of halogens is 4. The molecule has 0 aromatic carbocycles. The molecule has 0 bridgehead atoms. The molecule has 1 rings (SSSR count). The van der Waals surface area contributed by atoms with E-state index in [2.05, 4.69) is 4.18 Å². The fourth-order valence-corrected chi connectivity index (χ4v) is 3.89. The van der Waals surface area contributed by atoms with E-state index in [1.54, 1.807) is 0 Å². The van der Waals surface area contributed by atoms with Crippen molar-refractivity contribution in [3.05, 3.63) is 0 Å². The minimum absolute atomic E-state index is 0.185. The van der Waals surface area contributed by atoms with Crippen LogP contribution in [0.4, 0.5) is 0 Å². The molecule has 0 aromatic rings. The molecule has 2 atom stereocenters. The Bertz CT molecular complexity index is 283. The highest BCUT2D eigenvalue weighted by molar-refractivity contribution is 7.88. The summed E-state index contributed by atoms with van der Waals surface area (Å²) in [5, 5.41) is -0.808. The summed E-state index contributed by atoms with van der Waals surface area (Å²) in [4.78, 5) is 0. The lowest BCUT2D eigenvalue weighted by atomic mass is 10.2. The topological polar surface area (TPSA) is 43.4 Å². The van der Waals surface area contributed by atoms with Crippen LogP contribution in [0.2, 0.25) is 0 Å². The molecule has 1 aliphatic rings. The maximum atomic E-state index is 11.0. The van der Waals surface area contributed by atoms with Crippen molar-refractivity contribution in [3.8, 4) is 0 Å². The Hall–Kier alpha value is 1.07. The molecule has 0 amide bonds. The van der Waals surface area contributed by atoms with E-state index in [0.717, 1.165) is 0 Å². The van der Waals surface area contributed by atoms with Crippen LogP contribution in [0, 0.1) is 0 Å². The Balaban J connectivity index is 2.74. The standard InChI is InChI=1S/C5H6Cl4O3S/c6-2-1-3-4(5(7,8)9)12-13(3,10)11/h3-4H,1-2H2/t3-,4-/m1/s1.